The molecule has 0 radical (unpaired) electrons. The summed E-state index contributed by atoms with van der Waals surface area (Å²) in [7, 11) is 0. The van der Waals surface area contributed by atoms with Gasteiger partial charge in [0.15, 0.2) is 6.10 Å². The van der Waals surface area contributed by atoms with E-state index in [1.807, 2.05) is 18.2 Å². The molecule has 0 unspecified atom stereocenters. The van der Waals surface area contributed by atoms with E-state index in [0.29, 0.717) is 12.2 Å². The molecule has 4 heteroatoms. The largest absolute Gasteiger partial charge is 0.478 e. The molecule has 1 heterocycles. The predicted octanol–water partition coefficient (Wildman–Crippen LogP) is 1.68. The van der Waals surface area contributed by atoms with E-state index in [-0.39, 0.29) is 0 Å². The van der Waals surface area contributed by atoms with Crippen LogP contribution in [0.1, 0.15) is 5.56 Å². The third-order valence-electron chi connectivity index (χ3n) is 1.97. The fourth-order valence-electron chi connectivity index (χ4n) is 1.35. The molecule has 2 rings (SSSR count). The SMILES string of the molecule is O=C(O)[C@H]1Cc2cc(I)ccc2O1. The van der Waals surface area contributed by atoms with Gasteiger partial charge in [-0.3, -0.25) is 0 Å². The Morgan fingerprint density at radius 1 is 1.62 bits per heavy atom. The fourth-order valence-corrected chi connectivity index (χ4v) is 1.91. The van der Waals surface area contributed by atoms with Crippen LogP contribution in [0, 0.1) is 3.57 Å². The van der Waals surface area contributed by atoms with Gasteiger partial charge in [-0.1, -0.05) is 0 Å². The molecule has 0 aromatic heterocycles. The van der Waals surface area contributed by atoms with Crippen molar-refractivity contribution in [1.29, 1.82) is 0 Å². The number of aliphatic carboxylic acids is 1. The van der Waals surface area contributed by atoms with Crippen LogP contribution < -0.4 is 4.74 Å². The van der Waals surface area contributed by atoms with Gasteiger partial charge in [-0.15, -0.1) is 0 Å². The lowest BCUT2D eigenvalue weighted by Gasteiger charge is -2.02. The summed E-state index contributed by atoms with van der Waals surface area (Å²) >= 11 is 2.19. The number of benzene rings is 1. The minimum Gasteiger partial charge on any atom is -0.478 e. The number of halogens is 1. The average molecular weight is 290 g/mol. The summed E-state index contributed by atoms with van der Waals surface area (Å²) in [6, 6.07) is 5.68. The van der Waals surface area contributed by atoms with Gasteiger partial charge in [-0.05, 0) is 46.4 Å². The smallest absolute Gasteiger partial charge is 0.345 e. The third kappa shape index (κ3) is 1.63. The maximum absolute atomic E-state index is 10.6. The van der Waals surface area contributed by atoms with Gasteiger partial charge >= 0.3 is 5.97 Å². The molecule has 0 spiro atoms. The zero-order valence-corrected chi connectivity index (χ0v) is 8.82. The summed E-state index contributed by atoms with van der Waals surface area (Å²) in [4.78, 5) is 10.6. The van der Waals surface area contributed by atoms with Crippen molar-refractivity contribution in [2.45, 2.75) is 12.5 Å². The van der Waals surface area contributed by atoms with Crippen molar-refractivity contribution >= 4 is 28.6 Å². The maximum atomic E-state index is 10.6. The standard InChI is InChI=1S/C9H7IO3/c10-6-1-2-7-5(3-6)4-8(13-7)9(11)12/h1-3,8H,4H2,(H,11,12)/t8-/m1/s1. The molecular weight excluding hydrogens is 283 g/mol. The van der Waals surface area contributed by atoms with Gasteiger partial charge in [0.2, 0.25) is 0 Å². The Morgan fingerprint density at radius 3 is 3.08 bits per heavy atom. The number of carboxylic acid groups (broad SMARTS) is 1. The van der Waals surface area contributed by atoms with Gasteiger partial charge in [0.05, 0.1) is 0 Å². The molecule has 0 fully saturated rings. The summed E-state index contributed by atoms with van der Waals surface area (Å²) in [6.45, 7) is 0. The number of rotatable bonds is 1. The lowest BCUT2D eigenvalue weighted by molar-refractivity contribution is -0.144. The van der Waals surface area contributed by atoms with Crippen molar-refractivity contribution in [2.75, 3.05) is 0 Å². The summed E-state index contributed by atoms with van der Waals surface area (Å²) in [5.74, 6) is -0.195. The Bertz CT molecular complexity index is 362. The highest BCUT2D eigenvalue weighted by Crippen LogP contribution is 2.29. The molecule has 0 bridgehead atoms. The van der Waals surface area contributed by atoms with Gasteiger partial charge in [0.25, 0.3) is 0 Å². The van der Waals surface area contributed by atoms with Crippen molar-refractivity contribution in [3.05, 3.63) is 27.3 Å². The molecule has 0 saturated carbocycles. The van der Waals surface area contributed by atoms with Crippen LogP contribution in [0.4, 0.5) is 0 Å². The number of fused-ring (bicyclic) bond motifs is 1. The molecule has 3 nitrogen and oxygen atoms in total. The first-order chi connectivity index (χ1) is 6.16. The Morgan fingerprint density at radius 2 is 2.38 bits per heavy atom. The summed E-state index contributed by atoms with van der Waals surface area (Å²) in [5.41, 5.74) is 0.985. The highest BCUT2D eigenvalue weighted by atomic mass is 127. The molecule has 0 amide bonds. The molecule has 0 saturated heterocycles. The maximum Gasteiger partial charge on any atom is 0.345 e. The van der Waals surface area contributed by atoms with Gasteiger partial charge in [-0.25, -0.2) is 4.79 Å². The monoisotopic (exact) mass is 290 g/mol. The van der Waals surface area contributed by atoms with Crippen molar-refractivity contribution < 1.29 is 14.6 Å². The second kappa shape index (κ2) is 3.17. The highest BCUT2D eigenvalue weighted by Gasteiger charge is 2.28. The van der Waals surface area contributed by atoms with E-state index in [4.69, 9.17) is 9.84 Å². The lowest BCUT2D eigenvalue weighted by atomic mass is 10.1. The van der Waals surface area contributed by atoms with Crippen molar-refractivity contribution in [1.82, 2.24) is 0 Å². The average Bonchev–Trinajstić information content (AvgIpc) is 2.46. The van der Waals surface area contributed by atoms with Crippen LogP contribution in [0.15, 0.2) is 18.2 Å². The minimum atomic E-state index is -0.897. The summed E-state index contributed by atoms with van der Waals surface area (Å²) in [6.07, 6.45) is -0.227. The molecule has 1 aromatic rings. The quantitative estimate of drug-likeness (QED) is 0.800. The normalized spacial score (nSPS) is 19.3. The lowest BCUT2D eigenvalue weighted by Crippen LogP contribution is -2.24. The second-order valence-corrected chi connectivity index (χ2v) is 4.15. The van der Waals surface area contributed by atoms with Crippen LogP contribution in [0.5, 0.6) is 5.75 Å². The minimum absolute atomic E-state index is 0.474. The van der Waals surface area contributed by atoms with Gasteiger partial charge in [0.1, 0.15) is 5.75 Å². The first kappa shape index (κ1) is 8.80. The number of carboxylic acids is 1. The van der Waals surface area contributed by atoms with Gasteiger partial charge in [0, 0.05) is 9.99 Å². The molecule has 1 aliphatic rings. The molecule has 1 aromatic carbocycles. The van der Waals surface area contributed by atoms with Crippen LogP contribution in [0.2, 0.25) is 0 Å². The van der Waals surface area contributed by atoms with Crippen LogP contribution in [0.3, 0.4) is 0 Å². The van der Waals surface area contributed by atoms with Crippen molar-refractivity contribution in [3.8, 4) is 5.75 Å². The Hall–Kier alpha value is -0.780. The van der Waals surface area contributed by atoms with Crippen molar-refractivity contribution in [2.24, 2.45) is 0 Å². The van der Waals surface area contributed by atoms with E-state index >= 15 is 0 Å². The summed E-state index contributed by atoms with van der Waals surface area (Å²) < 4.78 is 6.32. The molecular formula is C9H7IO3. The molecule has 1 N–H and O–H groups in total. The van der Waals surface area contributed by atoms with E-state index in [0.717, 1.165) is 9.13 Å². The molecule has 68 valence electrons. The Balaban J connectivity index is 2.30. The predicted molar refractivity (Wildman–Crippen MR) is 54.9 cm³/mol. The van der Waals surface area contributed by atoms with Crippen LogP contribution in [-0.2, 0) is 11.2 Å². The number of hydrogen-bond donors (Lipinski definition) is 1. The molecule has 1 aliphatic heterocycles. The zero-order valence-electron chi connectivity index (χ0n) is 6.66. The number of ether oxygens (including phenoxy) is 1. The van der Waals surface area contributed by atoms with E-state index in [1.54, 1.807) is 0 Å². The first-order valence-electron chi connectivity index (χ1n) is 3.85. The van der Waals surface area contributed by atoms with E-state index in [2.05, 4.69) is 22.6 Å². The summed E-state index contributed by atoms with van der Waals surface area (Å²) in [5, 5.41) is 8.73. The van der Waals surface area contributed by atoms with E-state index in [1.165, 1.54) is 0 Å². The fraction of sp³-hybridized carbons (Fsp3) is 0.222. The van der Waals surface area contributed by atoms with Crippen LogP contribution in [-0.4, -0.2) is 17.2 Å². The van der Waals surface area contributed by atoms with Crippen LogP contribution >= 0.6 is 22.6 Å². The van der Waals surface area contributed by atoms with Crippen molar-refractivity contribution in [3.63, 3.8) is 0 Å². The highest BCUT2D eigenvalue weighted by molar-refractivity contribution is 14.1. The van der Waals surface area contributed by atoms with Crippen LogP contribution in [0.25, 0.3) is 0 Å². The van der Waals surface area contributed by atoms with Gasteiger partial charge < -0.3 is 9.84 Å². The number of hydrogen-bond acceptors (Lipinski definition) is 2. The topological polar surface area (TPSA) is 46.5 Å². The Labute approximate surface area is 88.9 Å². The zero-order chi connectivity index (χ0) is 9.42. The van der Waals surface area contributed by atoms with E-state index in [9.17, 15) is 4.79 Å². The van der Waals surface area contributed by atoms with E-state index < -0.39 is 12.1 Å². The Kier molecular flexibility index (Phi) is 2.15. The molecule has 0 aliphatic carbocycles. The first-order valence-corrected chi connectivity index (χ1v) is 4.92. The third-order valence-corrected chi connectivity index (χ3v) is 2.64. The molecule has 13 heavy (non-hydrogen) atoms. The number of carbonyl (C=O) groups is 1. The second-order valence-electron chi connectivity index (χ2n) is 2.90. The molecule has 1 atom stereocenters. The van der Waals surface area contributed by atoms with Gasteiger partial charge in [-0.2, -0.15) is 0 Å².